The fourth-order valence-corrected chi connectivity index (χ4v) is 2.23. The highest BCUT2D eigenvalue weighted by molar-refractivity contribution is 5.82. The van der Waals surface area contributed by atoms with Gasteiger partial charge in [0.25, 0.3) is 0 Å². The maximum absolute atomic E-state index is 8.64. The van der Waals surface area contributed by atoms with Crippen molar-refractivity contribution in [2.75, 3.05) is 13.2 Å². The third-order valence-electron chi connectivity index (χ3n) is 3.48. The lowest BCUT2D eigenvalue weighted by atomic mass is 10.1. The van der Waals surface area contributed by atoms with Gasteiger partial charge in [0.2, 0.25) is 0 Å². The fourth-order valence-electron chi connectivity index (χ4n) is 2.23. The molecule has 0 amide bonds. The van der Waals surface area contributed by atoms with E-state index in [0.717, 1.165) is 16.9 Å². The molecule has 22 heavy (non-hydrogen) atoms. The first-order valence-corrected chi connectivity index (χ1v) is 7.21. The molecule has 0 saturated heterocycles. The standard InChI is InChI=1S/C18H21NO3/c1-13-10-14(2)15(3)18(11-13)22-9-8-21-17-7-5-4-6-16(17)12-19-20/h4-7,10-12,20H,8-9H2,1-3H3. The number of hydrogen-bond acceptors (Lipinski definition) is 4. The smallest absolute Gasteiger partial charge is 0.128 e. The van der Waals surface area contributed by atoms with Crippen LogP contribution in [0.15, 0.2) is 41.6 Å². The van der Waals surface area contributed by atoms with E-state index >= 15 is 0 Å². The second kappa shape index (κ2) is 7.50. The van der Waals surface area contributed by atoms with E-state index in [1.165, 1.54) is 17.3 Å². The number of oxime groups is 1. The van der Waals surface area contributed by atoms with Gasteiger partial charge in [-0.1, -0.05) is 23.4 Å². The molecule has 116 valence electrons. The zero-order valence-corrected chi connectivity index (χ0v) is 13.2. The Morgan fingerprint density at radius 2 is 1.68 bits per heavy atom. The first kappa shape index (κ1) is 15.9. The van der Waals surface area contributed by atoms with Crippen molar-refractivity contribution in [3.63, 3.8) is 0 Å². The van der Waals surface area contributed by atoms with Crippen LogP contribution in [0.4, 0.5) is 0 Å². The highest BCUT2D eigenvalue weighted by Crippen LogP contribution is 2.23. The monoisotopic (exact) mass is 299 g/mol. The van der Waals surface area contributed by atoms with Crippen molar-refractivity contribution in [2.45, 2.75) is 20.8 Å². The summed E-state index contributed by atoms with van der Waals surface area (Å²) in [4.78, 5) is 0. The number of hydrogen-bond donors (Lipinski definition) is 1. The van der Waals surface area contributed by atoms with Crippen molar-refractivity contribution < 1.29 is 14.7 Å². The van der Waals surface area contributed by atoms with Crippen molar-refractivity contribution in [3.05, 3.63) is 58.7 Å². The summed E-state index contributed by atoms with van der Waals surface area (Å²) in [5.41, 5.74) is 4.29. The largest absolute Gasteiger partial charge is 0.490 e. The first-order valence-electron chi connectivity index (χ1n) is 7.21. The third kappa shape index (κ3) is 4.01. The Morgan fingerprint density at radius 1 is 1.00 bits per heavy atom. The van der Waals surface area contributed by atoms with Crippen LogP contribution in [0.3, 0.4) is 0 Å². The Labute approximate surface area is 131 Å². The van der Waals surface area contributed by atoms with Gasteiger partial charge >= 0.3 is 0 Å². The first-order chi connectivity index (χ1) is 10.6. The van der Waals surface area contributed by atoms with Crippen LogP contribution in [0.5, 0.6) is 11.5 Å². The molecule has 0 fully saturated rings. The van der Waals surface area contributed by atoms with Gasteiger partial charge in [0.15, 0.2) is 0 Å². The Morgan fingerprint density at radius 3 is 2.41 bits per heavy atom. The predicted molar refractivity (Wildman–Crippen MR) is 87.5 cm³/mol. The fraction of sp³-hybridized carbons (Fsp3) is 0.278. The molecule has 0 saturated carbocycles. The van der Waals surface area contributed by atoms with Gasteiger partial charge in [0.1, 0.15) is 24.7 Å². The highest BCUT2D eigenvalue weighted by atomic mass is 16.5. The molecule has 0 radical (unpaired) electrons. The Kier molecular flexibility index (Phi) is 5.42. The number of rotatable bonds is 6. The summed E-state index contributed by atoms with van der Waals surface area (Å²) in [5.74, 6) is 1.56. The number of benzene rings is 2. The van der Waals surface area contributed by atoms with E-state index < -0.39 is 0 Å². The molecule has 0 spiro atoms. The molecule has 4 heteroatoms. The molecule has 1 N–H and O–H groups in total. The molecule has 0 aliphatic rings. The number of aryl methyl sites for hydroxylation is 2. The summed E-state index contributed by atoms with van der Waals surface area (Å²) in [6.45, 7) is 7.06. The molecular formula is C18H21NO3. The van der Waals surface area contributed by atoms with E-state index in [9.17, 15) is 0 Å². The van der Waals surface area contributed by atoms with Crippen LogP contribution in [0.25, 0.3) is 0 Å². The molecule has 2 aromatic rings. The van der Waals surface area contributed by atoms with Crippen molar-refractivity contribution >= 4 is 6.21 Å². The Bertz CT molecular complexity index is 665. The zero-order chi connectivity index (χ0) is 15.9. The van der Waals surface area contributed by atoms with Crippen LogP contribution in [0, 0.1) is 20.8 Å². The van der Waals surface area contributed by atoms with Crippen molar-refractivity contribution in [1.29, 1.82) is 0 Å². The Hall–Kier alpha value is -2.49. The van der Waals surface area contributed by atoms with E-state index in [1.807, 2.05) is 30.3 Å². The van der Waals surface area contributed by atoms with Crippen molar-refractivity contribution in [2.24, 2.45) is 5.16 Å². The summed E-state index contributed by atoms with van der Waals surface area (Å²) in [6, 6.07) is 11.6. The van der Waals surface area contributed by atoms with E-state index in [0.29, 0.717) is 19.0 Å². The lowest BCUT2D eigenvalue weighted by molar-refractivity contribution is 0.216. The number of ether oxygens (including phenoxy) is 2. The van der Waals surface area contributed by atoms with Gasteiger partial charge in [-0.05, 0) is 55.7 Å². The lowest BCUT2D eigenvalue weighted by Gasteiger charge is -2.13. The van der Waals surface area contributed by atoms with E-state index in [4.69, 9.17) is 14.7 Å². The van der Waals surface area contributed by atoms with Crippen molar-refractivity contribution in [3.8, 4) is 11.5 Å². The third-order valence-corrected chi connectivity index (χ3v) is 3.48. The topological polar surface area (TPSA) is 51.0 Å². The second-order valence-corrected chi connectivity index (χ2v) is 5.18. The normalized spacial score (nSPS) is 10.9. The summed E-state index contributed by atoms with van der Waals surface area (Å²) in [5, 5.41) is 11.7. The van der Waals surface area contributed by atoms with E-state index in [1.54, 1.807) is 0 Å². The summed E-state index contributed by atoms with van der Waals surface area (Å²) >= 11 is 0. The van der Waals surface area contributed by atoms with Gasteiger partial charge in [0, 0.05) is 5.56 Å². The van der Waals surface area contributed by atoms with Crippen LogP contribution >= 0.6 is 0 Å². The average molecular weight is 299 g/mol. The molecule has 4 nitrogen and oxygen atoms in total. The molecule has 0 aliphatic heterocycles. The summed E-state index contributed by atoms with van der Waals surface area (Å²) < 4.78 is 11.5. The minimum atomic E-state index is 0.419. The van der Waals surface area contributed by atoms with Crippen LogP contribution in [-0.4, -0.2) is 24.6 Å². The van der Waals surface area contributed by atoms with E-state index in [2.05, 4.69) is 32.0 Å². The SMILES string of the molecule is Cc1cc(C)c(C)c(OCCOc2ccccc2C=NO)c1. The number of para-hydroxylation sites is 1. The van der Waals surface area contributed by atoms with Gasteiger partial charge in [-0.2, -0.15) is 0 Å². The maximum Gasteiger partial charge on any atom is 0.128 e. The average Bonchev–Trinajstić information content (AvgIpc) is 2.50. The number of nitrogens with zero attached hydrogens (tertiary/aromatic N) is 1. The molecule has 0 unspecified atom stereocenters. The van der Waals surface area contributed by atoms with E-state index in [-0.39, 0.29) is 0 Å². The molecule has 0 atom stereocenters. The molecule has 0 heterocycles. The van der Waals surface area contributed by atoms with Crippen LogP contribution < -0.4 is 9.47 Å². The lowest BCUT2D eigenvalue weighted by Crippen LogP contribution is -2.11. The highest BCUT2D eigenvalue weighted by Gasteiger charge is 2.05. The molecule has 2 aromatic carbocycles. The van der Waals surface area contributed by atoms with Gasteiger partial charge in [-0.15, -0.1) is 0 Å². The molecule has 0 aromatic heterocycles. The molecule has 0 bridgehead atoms. The van der Waals surface area contributed by atoms with Gasteiger partial charge in [-0.3, -0.25) is 0 Å². The second-order valence-electron chi connectivity index (χ2n) is 5.18. The quantitative estimate of drug-likeness (QED) is 0.381. The minimum absolute atomic E-state index is 0.419. The van der Waals surface area contributed by atoms with Crippen LogP contribution in [-0.2, 0) is 0 Å². The molecule has 0 aliphatic carbocycles. The molecule has 2 rings (SSSR count). The summed E-state index contributed by atoms with van der Waals surface area (Å²) in [6.07, 6.45) is 1.35. The van der Waals surface area contributed by atoms with Crippen LogP contribution in [0.1, 0.15) is 22.3 Å². The summed E-state index contributed by atoms with van der Waals surface area (Å²) in [7, 11) is 0. The minimum Gasteiger partial charge on any atom is -0.490 e. The van der Waals surface area contributed by atoms with Crippen molar-refractivity contribution in [1.82, 2.24) is 0 Å². The van der Waals surface area contributed by atoms with Crippen LogP contribution in [0.2, 0.25) is 0 Å². The molecular weight excluding hydrogens is 278 g/mol. The van der Waals surface area contributed by atoms with Gasteiger partial charge < -0.3 is 14.7 Å². The van der Waals surface area contributed by atoms with Gasteiger partial charge in [-0.25, -0.2) is 0 Å². The maximum atomic E-state index is 8.64. The van der Waals surface area contributed by atoms with Gasteiger partial charge in [0.05, 0.1) is 6.21 Å². The Balaban J connectivity index is 1.93. The predicted octanol–water partition coefficient (Wildman–Crippen LogP) is 3.88. The zero-order valence-electron chi connectivity index (χ0n) is 13.2.